The van der Waals surface area contributed by atoms with Gasteiger partial charge in [-0.1, -0.05) is 12.1 Å². The Kier molecular flexibility index (Phi) is 6.22. The maximum atomic E-state index is 11.6. The molecule has 2 atom stereocenters. The van der Waals surface area contributed by atoms with Crippen molar-refractivity contribution in [2.24, 2.45) is 0 Å². The third-order valence-corrected chi connectivity index (χ3v) is 6.33. The second-order valence-corrected chi connectivity index (χ2v) is 8.77. The van der Waals surface area contributed by atoms with Crippen molar-refractivity contribution in [2.45, 2.75) is 19.0 Å². The van der Waals surface area contributed by atoms with Crippen molar-refractivity contribution in [1.29, 1.82) is 0 Å². The molecule has 180 valence electrons. The molecule has 1 saturated heterocycles. The number of nitrogens with one attached hydrogen (secondary N) is 2. The molecule has 0 radical (unpaired) electrons. The summed E-state index contributed by atoms with van der Waals surface area (Å²) in [5.41, 5.74) is 4.21. The molecule has 0 saturated carbocycles. The van der Waals surface area contributed by atoms with Gasteiger partial charge in [-0.2, -0.15) is 0 Å². The van der Waals surface area contributed by atoms with Gasteiger partial charge >= 0.3 is 5.97 Å². The van der Waals surface area contributed by atoms with Crippen molar-refractivity contribution in [3.63, 3.8) is 0 Å². The number of hydrogen-bond acceptors (Lipinski definition) is 4. The summed E-state index contributed by atoms with van der Waals surface area (Å²) in [6.45, 7) is 1.47. The summed E-state index contributed by atoms with van der Waals surface area (Å²) in [7, 11) is 0. The van der Waals surface area contributed by atoms with Crippen LogP contribution in [0, 0.1) is 0 Å². The van der Waals surface area contributed by atoms with Crippen molar-refractivity contribution < 1.29 is 14.7 Å². The summed E-state index contributed by atoms with van der Waals surface area (Å²) in [6.07, 6.45) is 3.66. The van der Waals surface area contributed by atoms with Gasteiger partial charge in [-0.25, -0.2) is 4.79 Å². The number of carboxylic acid groups (broad SMARTS) is 1. The first kappa shape index (κ1) is 23.3. The number of hydrogen-bond donors (Lipinski definition) is 3. The Labute approximate surface area is 213 Å². The van der Waals surface area contributed by atoms with Gasteiger partial charge in [0.2, 0.25) is 5.91 Å². The van der Waals surface area contributed by atoms with Crippen molar-refractivity contribution in [1.82, 2.24) is 14.9 Å². The Morgan fingerprint density at radius 3 is 2.50 bits per heavy atom. The van der Waals surface area contributed by atoms with Crippen LogP contribution in [0.4, 0.5) is 11.4 Å². The molecule has 1 aliphatic heterocycles. The highest BCUT2D eigenvalue weighted by Crippen LogP contribution is 2.42. The smallest absolute Gasteiger partial charge is 0.335 e. The summed E-state index contributed by atoms with van der Waals surface area (Å²) in [5.74, 6) is -1.13. The lowest BCUT2D eigenvalue weighted by Crippen LogP contribution is -2.30. The molecule has 9 heteroatoms. The van der Waals surface area contributed by atoms with E-state index >= 15 is 0 Å². The Morgan fingerprint density at radius 2 is 1.81 bits per heavy atom. The molecule has 1 aliphatic rings. The number of pyridine rings is 1. The molecule has 2 aromatic heterocycles. The second-order valence-electron chi connectivity index (χ2n) is 8.38. The fourth-order valence-corrected chi connectivity index (χ4v) is 4.85. The van der Waals surface area contributed by atoms with Crippen LogP contribution < -0.4 is 15.5 Å². The van der Waals surface area contributed by atoms with E-state index < -0.39 is 5.97 Å². The zero-order valence-electron chi connectivity index (χ0n) is 19.3. The first-order valence-electron chi connectivity index (χ1n) is 11.3. The molecular formula is C27H23N5O3S. The van der Waals surface area contributed by atoms with E-state index in [-0.39, 0.29) is 23.6 Å². The van der Waals surface area contributed by atoms with E-state index in [1.54, 1.807) is 24.4 Å². The largest absolute Gasteiger partial charge is 0.478 e. The van der Waals surface area contributed by atoms with Gasteiger partial charge in [0, 0.05) is 42.1 Å². The summed E-state index contributed by atoms with van der Waals surface area (Å²) in [6, 6.07) is 23.4. The van der Waals surface area contributed by atoms with Crippen molar-refractivity contribution >= 4 is 40.6 Å². The number of benzene rings is 2. The highest BCUT2D eigenvalue weighted by atomic mass is 32.1. The minimum absolute atomic E-state index is 0.143. The molecule has 3 heterocycles. The topological polar surface area (TPSA) is 99.5 Å². The van der Waals surface area contributed by atoms with Gasteiger partial charge in [-0.3, -0.25) is 9.78 Å². The summed E-state index contributed by atoms with van der Waals surface area (Å²) in [5, 5.41) is 16.3. The van der Waals surface area contributed by atoms with Crippen molar-refractivity contribution in [2.75, 3.05) is 10.2 Å². The fraction of sp³-hybridized carbons (Fsp3) is 0.111. The van der Waals surface area contributed by atoms with Crippen LogP contribution in [0.2, 0.25) is 0 Å². The number of carbonyl (C=O) groups is 2. The van der Waals surface area contributed by atoms with Crippen LogP contribution in [0.3, 0.4) is 0 Å². The lowest BCUT2D eigenvalue weighted by molar-refractivity contribution is -0.114. The molecular weight excluding hydrogens is 474 g/mol. The van der Waals surface area contributed by atoms with E-state index in [0.29, 0.717) is 10.8 Å². The standard InChI is InChI=1S/C27H23N5O3S/c1-17(33)29-19-10-12-20(13-11-19)32-25(24(30-27(32)36)22-8-2-3-14-28-22)23-9-5-15-31(23)21-7-4-6-18(16-21)26(34)35/h2-16,24-25H,1H3,(H,29,33)(H,30,36)(H,34,35)/t24-,25+/m1/s1. The van der Waals surface area contributed by atoms with Crippen LogP contribution in [-0.4, -0.2) is 31.6 Å². The van der Waals surface area contributed by atoms with Crippen LogP contribution in [0.1, 0.15) is 40.8 Å². The van der Waals surface area contributed by atoms with E-state index in [4.69, 9.17) is 12.2 Å². The highest BCUT2D eigenvalue weighted by Gasteiger charge is 2.42. The quantitative estimate of drug-likeness (QED) is 0.332. The van der Waals surface area contributed by atoms with Gasteiger partial charge in [0.25, 0.3) is 0 Å². The molecule has 2 aromatic carbocycles. The predicted octanol–water partition coefficient (Wildman–Crippen LogP) is 4.71. The second kappa shape index (κ2) is 9.63. The minimum Gasteiger partial charge on any atom is -0.478 e. The van der Waals surface area contributed by atoms with Gasteiger partial charge in [-0.05, 0) is 78.9 Å². The Bertz CT molecular complexity index is 1440. The first-order valence-corrected chi connectivity index (χ1v) is 11.7. The first-order chi connectivity index (χ1) is 17.4. The monoisotopic (exact) mass is 497 g/mol. The van der Waals surface area contributed by atoms with E-state index in [2.05, 4.69) is 15.6 Å². The molecule has 8 nitrogen and oxygen atoms in total. The number of rotatable bonds is 6. The molecule has 0 spiro atoms. The number of thiocarbonyl (C=S) groups is 1. The molecule has 1 amide bonds. The molecule has 4 aromatic rings. The summed E-state index contributed by atoms with van der Waals surface area (Å²) < 4.78 is 1.97. The maximum Gasteiger partial charge on any atom is 0.335 e. The van der Waals surface area contributed by atoms with Crippen LogP contribution >= 0.6 is 12.2 Å². The van der Waals surface area contributed by atoms with E-state index in [1.807, 2.05) is 76.3 Å². The van der Waals surface area contributed by atoms with Crippen LogP contribution in [0.15, 0.2) is 91.3 Å². The van der Waals surface area contributed by atoms with Crippen LogP contribution in [0.25, 0.3) is 5.69 Å². The van der Waals surface area contributed by atoms with Gasteiger partial charge in [-0.15, -0.1) is 0 Å². The lowest BCUT2D eigenvalue weighted by atomic mass is 10.0. The minimum atomic E-state index is -0.985. The molecule has 0 aliphatic carbocycles. The average molecular weight is 498 g/mol. The van der Waals surface area contributed by atoms with Gasteiger partial charge < -0.3 is 25.2 Å². The molecule has 36 heavy (non-hydrogen) atoms. The van der Waals surface area contributed by atoms with Gasteiger partial charge in [0.1, 0.15) is 6.04 Å². The number of anilines is 2. The third-order valence-electron chi connectivity index (χ3n) is 6.02. The maximum absolute atomic E-state index is 11.6. The predicted molar refractivity (Wildman–Crippen MR) is 141 cm³/mol. The summed E-state index contributed by atoms with van der Waals surface area (Å²) in [4.78, 5) is 29.7. The van der Waals surface area contributed by atoms with Gasteiger partial charge in [0.15, 0.2) is 5.11 Å². The van der Waals surface area contributed by atoms with E-state index in [0.717, 1.165) is 22.8 Å². The SMILES string of the molecule is CC(=O)Nc1ccc(N2C(=S)N[C@H](c3ccccn3)[C@@H]2c2cccn2-c2cccc(C(=O)O)c2)cc1. The van der Waals surface area contributed by atoms with E-state index in [1.165, 1.54) is 6.92 Å². The van der Waals surface area contributed by atoms with Crippen LogP contribution in [0.5, 0.6) is 0 Å². The summed E-state index contributed by atoms with van der Waals surface area (Å²) >= 11 is 5.80. The normalized spacial score (nSPS) is 17.0. The zero-order valence-corrected chi connectivity index (χ0v) is 20.1. The lowest BCUT2D eigenvalue weighted by Gasteiger charge is -2.29. The Morgan fingerprint density at radius 1 is 1.00 bits per heavy atom. The number of amides is 1. The number of carboxylic acids is 1. The zero-order chi connectivity index (χ0) is 25.2. The Hall–Kier alpha value is -4.50. The van der Waals surface area contributed by atoms with Gasteiger partial charge in [0.05, 0.1) is 17.3 Å². The number of aromatic nitrogens is 2. The number of carbonyl (C=O) groups excluding carboxylic acids is 1. The van der Waals surface area contributed by atoms with E-state index in [9.17, 15) is 14.7 Å². The molecule has 0 unspecified atom stereocenters. The number of nitrogens with zero attached hydrogens (tertiary/aromatic N) is 3. The molecule has 5 rings (SSSR count). The molecule has 1 fully saturated rings. The molecule has 3 N–H and O–H groups in total. The fourth-order valence-electron chi connectivity index (χ4n) is 4.50. The Balaban J connectivity index is 1.62. The van der Waals surface area contributed by atoms with Crippen molar-refractivity contribution in [3.05, 3.63) is 108 Å². The highest BCUT2D eigenvalue weighted by molar-refractivity contribution is 7.80. The third kappa shape index (κ3) is 4.44. The van der Waals surface area contributed by atoms with Crippen LogP contribution in [-0.2, 0) is 4.79 Å². The average Bonchev–Trinajstić information content (AvgIpc) is 3.49. The molecule has 0 bridgehead atoms. The van der Waals surface area contributed by atoms with Crippen molar-refractivity contribution in [3.8, 4) is 5.69 Å². The number of aromatic carboxylic acids is 1.